The molecule has 0 radical (unpaired) electrons. The molecule has 0 aliphatic carbocycles. The lowest BCUT2D eigenvalue weighted by atomic mass is 10.00. The number of carbonyl (C=O) groups excluding carboxylic acids is 3. The van der Waals surface area contributed by atoms with Gasteiger partial charge in [0, 0.05) is 19.3 Å². The van der Waals surface area contributed by atoms with Crippen molar-refractivity contribution in [3.63, 3.8) is 0 Å². The molecule has 0 saturated heterocycles. The van der Waals surface area contributed by atoms with Crippen LogP contribution < -0.4 is 0 Å². The molecule has 0 heterocycles. The van der Waals surface area contributed by atoms with E-state index in [0.29, 0.717) is 19.3 Å². The summed E-state index contributed by atoms with van der Waals surface area (Å²) in [5, 5.41) is 0. The Morgan fingerprint density at radius 2 is 0.636 bits per heavy atom. The van der Waals surface area contributed by atoms with Gasteiger partial charge in [0.25, 0.3) is 0 Å². The molecule has 0 aliphatic heterocycles. The normalized spacial score (nSPS) is 12.7. The van der Waals surface area contributed by atoms with Gasteiger partial charge in [0.05, 0.1) is 0 Å². The van der Waals surface area contributed by atoms with Gasteiger partial charge in [0.15, 0.2) is 6.10 Å². The summed E-state index contributed by atoms with van der Waals surface area (Å²) in [7, 11) is 0. The van der Waals surface area contributed by atoms with E-state index in [0.717, 1.165) is 75.5 Å². The van der Waals surface area contributed by atoms with Crippen molar-refractivity contribution in [3.05, 3.63) is 0 Å². The molecule has 0 N–H and O–H groups in total. The van der Waals surface area contributed by atoms with Gasteiger partial charge in [0.2, 0.25) is 0 Å². The Balaban J connectivity index is 4.33. The summed E-state index contributed by atoms with van der Waals surface area (Å²) in [5.41, 5.74) is 0. The van der Waals surface area contributed by atoms with Crippen molar-refractivity contribution in [2.45, 2.75) is 266 Å². The van der Waals surface area contributed by atoms with Crippen molar-refractivity contribution >= 4 is 17.9 Å². The van der Waals surface area contributed by atoms with Crippen molar-refractivity contribution in [3.8, 4) is 0 Å². The first-order valence-electron chi connectivity index (χ1n) is 24.1. The second-order valence-corrected chi connectivity index (χ2v) is 17.9. The molecule has 1 unspecified atom stereocenters. The summed E-state index contributed by atoms with van der Waals surface area (Å²) in [4.78, 5) is 37.8. The van der Waals surface area contributed by atoms with Crippen LogP contribution in [0, 0.1) is 17.8 Å². The van der Waals surface area contributed by atoms with E-state index in [1.54, 1.807) is 0 Å². The van der Waals surface area contributed by atoms with Crippen LogP contribution in [-0.2, 0) is 28.6 Å². The van der Waals surface area contributed by atoms with E-state index in [4.69, 9.17) is 14.2 Å². The SMILES string of the molecule is CCC(C)CCCCCCCCC(=O)OC[C@H](COC(=O)CCCCCCCCCCCC(C)C)OC(=O)CCCCCCCCCCCCCCC(C)C. The average molecular weight is 779 g/mol. The van der Waals surface area contributed by atoms with E-state index in [9.17, 15) is 14.4 Å². The Kier molecular flexibility index (Phi) is 39.4. The van der Waals surface area contributed by atoms with E-state index >= 15 is 0 Å². The molecule has 0 aromatic rings. The highest BCUT2D eigenvalue weighted by Gasteiger charge is 2.19. The predicted molar refractivity (Wildman–Crippen MR) is 233 cm³/mol. The number of unbranched alkanes of at least 4 members (excludes halogenated alkanes) is 24. The zero-order valence-electron chi connectivity index (χ0n) is 37.7. The number of hydrogen-bond acceptors (Lipinski definition) is 6. The Labute approximate surface area is 342 Å². The predicted octanol–water partition coefficient (Wildman–Crippen LogP) is 15.2. The molecule has 0 aromatic carbocycles. The molecule has 0 saturated carbocycles. The molecule has 55 heavy (non-hydrogen) atoms. The highest BCUT2D eigenvalue weighted by atomic mass is 16.6. The minimum atomic E-state index is -0.762. The third kappa shape index (κ3) is 41.9. The summed E-state index contributed by atoms with van der Waals surface area (Å²) >= 11 is 0. The van der Waals surface area contributed by atoms with Crippen molar-refractivity contribution in [2.24, 2.45) is 17.8 Å². The summed E-state index contributed by atoms with van der Waals surface area (Å²) in [6.07, 6.45) is 38.1. The Morgan fingerprint density at radius 1 is 0.364 bits per heavy atom. The van der Waals surface area contributed by atoms with Gasteiger partial charge in [-0.1, -0.05) is 221 Å². The molecule has 6 heteroatoms. The molecule has 0 bridgehead atoms. The van der Waals surface area contributed by atoms with Gasteiger partial charge in [-0.2, -0.15) is 0 Å². The number of carbonyl (C=O) groups is 3. The van der Waals surface area contributed by atoms with Crippen LogP contribution in [0.5, 0.6) is 0 Å². The van der Waals surface area contributed by atoms with Crippen LogP contribution >= 0.6 is 0 Å². The first-order valence-corrected chi connectivity index (χ1v) is 24.1. The van der Waals surface area contributed by atoms with Gasteiger partial charge in [-0.15, -0.1) is 0 Å². The summed E-state index contributed by atoms with van der Waals surface area (Å²) in [6.45, 7) is 13.7. The van der Waals surface area contributed by atoms with Gasteiger partial charge >= 0.3 is 17.9 Å². The molecular formula is C49H94O6. The van der Waals surface area contributed by atoms with E-state index < -0.39 is 6.10 Å². The monoisotopic (exact) mass is 779 g/mol. The first kappa shape index (κ1) is 53.4. The van der Waals surface area contributed by atoms with E-state index in [-0.39, 0.29) is 31.1 Å². The van der Waals surface area contributed by atoms with Gasteiger partial charge in [-0.3, -0.25) is 14.4 Å². The molecule has 0 aliphatic rings. The molecule has 0 rings (SSSR count). The highest BCUT2D eigenvalue weighted by molar-refractivity contribution is 5.71. The molecule has 2 atom stereocenters. The lowest BCUT2D eigenvalue weighted by Crippen LogP contribution is -2.30. The highest BCUT2D eigenvalue weighted by Crippen LogP contribution is 2.17. The minimum absolute atomic E-state index is 0.0662. The largest absolute Gasteiger partial charge is 0.462 e. The third-order valence-electron chi connectivity index (χ3n) is 11.3. The maximum Gasteiger partial charge on any atom is 0.306 e. The topological polar surface area (TPSA) is 78.9 Å². The lowest BCUT2D eigenvalue weighted by Gasteiger charge is -2.18. The first-order chi connectivity index (χ1) is 26.6. The summed E-state index contributed by atoms with van der Waals surface area (Å²) < 4.78 is 16.7. The molecule has 0 aromatic heterocycles. The smallest absolute Gasteiger partial charge is 0.306 e. The van der Waals surface area contributed by atoms with E-state index in [1.807, 2.05) is 0 Å². The number of ether oxygens (including phenoxy) is 3. The zero-order chi connectivity index (χ0) is 40.6. The Morgan fingerprint density at radius 3 is 0.945 bits per heavy atom. The lowest BCUT2D eigenvalue weighted by molar-refractivity contribution is -0.167. The van der Waals surface area contributed by atoms with E-state index in [2.05, 4.69) is 41.5 Å². The standard InChI is InChI=1S/C49H94O6/c1-7-45(6)37-31-25-21-22-27-33-39-48(51)54-42-46(41-53-47(50)38-32-26-19-16-12-14-18-24-30-36-44(4)5)55-49(52)40-34-28-20-15-11-9-8-10-13-17-23-29-35-43(2)3/h43-46H,7-42H2,1-6H3/t45?,46-/m0/s1. The second kappa shape index (κ2) is 40.6. The molecule has 326 valence electrons. The Hall–Kier alpha value is -1.59. The number of hydrogen-bond donors (Lipinski definition) is 0. The molecule has 0 spiro atoms. The average Bonchev–Trinajstić information content (AvgIpc) is 3.15. The fourth-order valence-electron chi connectivity index (χ4n) is 7.20. The minimum Gasteiger partial charge on any atom is -0.462 e. The summed E-state index contributed by atoms with van der Waals surface area (Å²) in [6, 6.07) is 0. The molecule has 0 amide bonds. The maximum atomic E-state index is 12.7. The van der Waals surface area contributed by atoms with Crippen LogP contribution in [0.15, 0.2) is 0 Å². The van der Waals surface area contributed by atoms with Crippen molar-refractivity contribution in [1.29, 1.82) is 0 Å². The van der Waals surface area contributed by atoms with Crippen LogP contribution in [0.25, 0.3) is 0 Å². The van der Waals surface area contributed by atoms with Gasteiger partial charge in [0.1, 0.15) is 13.2 Å². The summed E-state index contributed by atoms with van der Waals surface area (Å²) in [5.74, 6) is 1.59. The molecule has 0 fully saturated rings. The van der Waals surface area contributed by atoms with E-state index in [1.165, 1.54) is 141 Å². The number of esters is 3. The molecule has 6 nitrogen and oxygen atoms in total. The van der Waals surface area contributed by atoms with Crippen LogP contribution in [0.2, 0.25) is 0 Å². The fraction of sp³-hybridized carbons (Fsp3) is 0.939. The maximum absolute atomic E-state index is 12.7. The number of rotatable bonds is 42. The molecular weight excluding hydrogens is 685 g/mol. The van der Waals surface area contributed by atoms with Crippen molar-refractivity contribution < 1.29 is 28.6 Å². The van der Waals surface area contributed by atoms with Crippen LogP contribution in [0.4, 0.5) is 0 Å². The quantitative estimate of drug-likeness (QED) is 0.0349. The van der Waals surface area contributed by atoms with Crippen molar-refractivity contribution in [2.75, 3.05) is 13.2 Å². The second-order valence-electron chi connectivity index (χ2n) is 17.9. The Bertz CT molecular complexity index is 854. The van der Waals surface area contributed by atoms with Crippen LogP contribution in [0.3, 0.4) is 0 Å². The third-order valence-corrected chi connectivity index (χ3v) is 11.3. The fourth-order valence-corrected chi connectivity index (χ4v) is 7.20. The zero-order valence-corrected chi connectivity index (χ0v) is 37.7. The van der Waals surface area contributed by atoms with Gasteiger partial charge < -0.3 is 14.2 Å². The van der Waals surface area contributed by atoms with Gasteiger partial charge in [-0.05, 0) is 37.0 Å². The van der Waals surface area contributed by atoms with Crippen LogP contribution in [0.1, 0.15) is 260 Å². The van der Waals surface area contributed by atoms with Gasteiger partial charge in [-0.25, -0.2) is 0 Å². The van der Waals surface area contributed by atoms with Crippen molar-refractivity contribution in [1.82, 2.24) is 0 Å². The van der Waals surface area contributed by atoms with Crippen LogP contribution in [-0.4, -0.2) is 37.2 Å².